The average Bonchev–Trinajstić information content (AvgIpc) is 3.75. The maximum Gasteiger partial charge on any atom is 0.251 e. The Bertz CT molecular complexity index is 1390. The molecular formula is C33H44Cl2N4O4S. The summed E-state index contributed by atoms with van der Waals surface area (Å²) < 4.78 is 23.1. The molecular weight excluding hydrogens is 619 g/mol. The van der Waals surface area contributed by atoms with Crippen LogP contribution in [-0.4, -0.2) is 63.2 Å². The van der Waals surface area contributed by atoms with Crippen molar-refractivity contribution >= 4 is 52.1 Å². The van der Waals surface area contributed by atoms with Crippen LogP contribution in [0.1, 0.15) is 54.1 Å². The van der Waals surface area contributed by atoms with Gasteiger partial charge in [-0.25, -0.2) is 0 Å². The van der Waals surface area contributed by atoms with Gasteiger partial charge in [0.15, 0.2) is 0 Å². The molecule has 3 aromatic rings. The fraction of sp³-hybridized carbons (Fsp3) is 0.424. The molecule has 0 aromatic heterocycles. The SMILES string of the molecule is CCNc1cc(C(=O)N[C@@H](Cc2ccccc2)[C@@H](O)CNC2(Cc3cccc(Cl)c3)CC2)cc(N2CCCCS2(O)O)c1.Cl. The second kappa shape index (κ2) is 15.2. The molecule has 1 aliphatic carbocycles. The van der Waals surface area contributed by atoms with Gasteiger partial charge >= 0.3 is 0 Å². The van der Waals surface area contributed by atoms with Crippen molar-refractivity contribution in [2.75, 3.05) is 35.0 Å². The first kappa shape index (κ1) is 34.4. The van der Waals surface area contributed by atoms with Crippen molar-refractivity contribution in [3.63, 3.8) is 0 Å². The molecule has 1 saturated heterocycles. The van der Waals surface area contributed by atoms with E-state index in [0.29, 0.717) is 48.1 Å². The van der Waals surface area contributed by atoms with Crippen LogP contribution in [0.5, 0.6) is 0 Å². The van der Waals surface area contributed by atoms with E-state index in [1.165, 1.54) is 0 Å². The van der Waals surface area contributed by atoms with Gasteiger partial charge in [-0.05, 0) is 86.9 Å². The highest BCUT2D eigenvalue weighted by molar-refractivity contribution is 8.25. The fourth-order valence-corrected chi connectivity index (χ4v) is 7.66. The van der Waals surface area contributed by atoms with Gasteiger partial charge in [0, 0.05) is 41.4 Å². The predicted molar refractivity (Wildman–Crippen MR) is 185 cm³/mol. The number of halogens is 2. The highest BCUT2D eigenvalue weighted by Crippen LogP contribution is 2.50. The first-order valence-corrected chi connectivity index (χ1v) is 17.2. The lowest BCUT2D eigenvalue weighted by atomic mass is 9.99. The molecule has 44 heavy (non-hydrogen) atoms. The van der Waals surface area contributed by atoms with Crippen molar-refractivity contribution in [3.8, 4) is 0 Å². The van der Waals surface area contributed by atoms with E-state index in [0.717, 1.165) is 48.9 Å². The first-order valence-electron chi connectivity index (χ1n) is 15.1. The summed E-state index contributed by atoms with van der Waals surface area (Å²) in [4.78, 5) is 13.8. The smallest absolute Gasteiger partial charge is 0.251 e. The molecule has 0 spiro atoms. The molecule has 1 saturated carbocycles. The summed E-state index contributed by atoms with van der Waals surface area (Å²) in [6.45, 7) is 3.46. The normalized spacial score (nSPS) is 18.8. The molecule has 1 heterocycles. The van der Waals surface area contributed by atoms with Gasteiger partial charge in [-0.15, -0.1) is 23.2 Å². The van der Waals surface area contributed by atoms with Gasteiger partial charge in [0.25, 0.3) is 5.91 Å². The third-order valence-electron chi connectivity index (χ3n) is 8.28. The van der Waals surface area contributed by atoms with Crippen LogP contribution in [-0.2, 0) is 12.8 Å². The Labute approximate surface area is 273 Å². The number of rotatable bonds is 13. The highest BCUT2D eigenvalue weighted by atomic mass is 35.5. The minimum absolute atomic E-state index is 0. The minimum atomic E-state index is -2.95. The topological polar surface area (TPSA) is 117 Å². The Morgan fingerprint density at radius 2 is 1.77 bits per heavy atom. The number of aliphatic hydroxyl groups excluding tert-OH is 1. The molecule has 6 N–H and O–H groups in total. The summed E-state index contributed by atoms with van der Waals surface area (Å²) in [5, 5.41) is 22.1. The van der Waals surface area contributed by atoms with Crippen LogP contribution in [0.25, 0.3) is 0 Å². The lowest BCUT2D eigenvalue weighted by molar-refractivity contribution is 0.0822. The number of aliphatic hydroxyl groups is 1. The number of β-amino-alcohol motifs (C(OH)–C–C–N with tert-alkyl or cyclic N) is 1. The number of benzene rings is 3. The molecule has 2 aliphatic rings. The number of anilines is 2. The maximum absolute atomic E-state index is 13.8. The van der Waals surface area contributed by atoms with Crippen LogP contribution in [0.15, 0.2) is 72.8 Å². The van der Waals surface area contributed by atoms with Gasteiger partial charge in [0.2, 0.25) is 0 Å². The first-order chi connectivity index (χ1) is 20.7. The van der Waals surface area contributed by atoms with Crippen molar-refractivity contribution in [2.45, 2.75) is 63.1 Å². The molecule has 1 aliphatic heterocycles. The van der Waals surface area contributed by atoms with Crippen molar-refractivity contribution < 1.29 is 19.0 Å². The van der Waals surface area contributed by atoms with Crippen LogP contribution in [0.2, 0.25) is 5.02 Å². The zero-order chi connectivity index (χ0) is 30.5. The van der Waals surface area contributed by atoms with Crippen LogP contribution in [0, 0.1) is 0 Å². The third-order valence-corrected chi connectivity index (χ3v) is 10.5. The summed E-state index contributed by atoms with van der Waals surface area (Å²) in [5.41, 5.74) is 3.80. The highest BCUT2D eigenvalue weighted by Gasteiger charge is 2.42. The van der Waals surface area contributed by atoms with Gasteiger partial charge in [-0.2, -0.15) is 0 Å². The van der Waals surface area contributed by atoms with E-state index in [4.69, 9.17) is 11.6 Å². The quantitative estimate of drug-likeness (QED) is 0.123. The van der Waals surface area contributed by atoms with Gasteiger partial charge in [0.05, 0.1) is 23.6 Å². The van der Waals surface area contributed by atoms with Crippen molar-refractivity contribution in [2.24, 2.45) is 0 Å². The monoisotopic (exact) mass is 662 g/mol. The summed E-state index contributed by atoms with van der Waals surface area (Å²) in [6, 6.07) is 22.5. The molecule has 3 aromatic carbocycles. The summed E-state index contributed by atoms with van der Waals surface area (Å²) in [7, 11) is -2.95. The summed E-state index contributed by atoms with van der Waals surface area (Å²) in [5.74, 6) is -0.00793. The number of carbonyl (C=O) groups excluding carboxylic acids is 1. The molecule has 0 radical (unpaired) electrons. The Balaban J connectivity index is 0.00000442. The number of nitrogens with one attached hydrogen (secondary N) is 3. The Hall–Kier alpha value is -2.50. The van der Waals surface area contributed by atoms with E-state index in [1.54, 1.807) is 16.4 Å². The van der Waals surface area contributed by atoms with E-state index < -0.39 is 22.9 Å². The molecule has 0 bridgehead atoms. The summed E-state index contributed by atoms with van der Waals surface area (Å²) in [6.07, 6.45) is 4.07. The standard InChI is InChI=1S/C33H43ClN4O4S.ClH/c1-2-35-28-19-26(20-29(21-28)38-15-6-7-16-43(38,41)42)32(40)37-30(18-24-9-4-3-5-10-24)31(39)23-36-33(13-14-33)22-25-11-8-12-27(34)17-25;/h3-5,8-12,17,19-21,30-31,35-36,39,41-42H,2,6-7,13-16,18,22-23H2,1H3,(H,37,40);1H/t30-,31-;/m0./s1. The van der Waals surface area contributed by atoms with Gasteiger partial charge in [0.1, 0.15) is 0 Å². The lowest BCUT2D eigenvalue weighted by Gasteiger charge is -2.47. The Morgan fingerprint density at radius 1 is 1.02 bits per heavy atom. The van der Waals surface area contributed by atoms with Crippen LogP contribution < -0.4 is 20.3 Å². The molecule has 0 unspecified atom stereocenters. The third kappa shape index (κ3) is 9.03. The maximum atomic E-state index is 13.8. The molecule has 2 fully saturated rings. The number of amides is 1. The zero-order valence-electron chi connectivity index (χ0n) is 25.0. The van der Waals surface area contributed by atoms with Gasteiger partial charge in [-0.3, -0.25) is 18.2 Å². The molecule has 11 heteroatoms. The largest absolute Gasteiger partial charge is 0.390 e. The van der Waals surface area contributed by atoms with E-state index in [1.807, 2.05) is 61.5 Å². The predicted octanol–water partition coefficient (Wildman–Crippen LogP) is 6.53. The molecule has 240 valence electrons. The Kier molecular flexibility index (Phi) is 11.9. The molecule has 1 amide bonds. The van der Waals surface area contributed by atoms with E-state index in [9.17, 15) is 19.0 Å². The number of hydrogen-bond donors (Lipinski definition) is 6. The van der Waals surface area contributed by atoms with Crippen molar-refractivity contribution in [1.29, 1.82) is 0 Å². The van der Waals surface area contributed by atoms with Gasteiger partial charge in [-0.1, -0.05) is 54.1 Å². The number of nitrogens with zero attached hydrogens (tertiary/aromatic N) is 1. The zero-order valence-corrected chi connectivity index (χ0v) is 27.4. The van der Waals surface area contributed by atoms with Crippen LogP contribution in [0.3, 0.4) is 0 Å². The van der Waals surface area contributed by atoms with E-state index >= 15 is 0 Å². The minimum Gasteiger partial charge on any atom is -0.390 e. The molecule has 2 atom stereocenters. The van der Waals surface area contributed by atoms with Crippen molar-refractivity contribution in [1.82, 2.24) is 10.6 Å². The number of hydrogen-bond acceptors (Lipinski definition) is 7. The fourth-order valence-electron chi connectivity index (χ4n) is 5.77. The summed E-state index contributed by atoms with van der Waals surface area (Å²) >= 11 is 6.20. The molecule has 8 nitrogen and oxygen atoms in total. The van der Waals surface area contributed by atoms with Gasteiger partial charge < -0.3 is 21.1 Å². The second-order valence-electron chi connectivity index (χ2n) is 11.7. The number of carbonyl (C=O) groups is 1. The van der Waals surface area contributed by atoms with Crippen LogP contribution in [0.4, 0.5) is 11.4 Å². The lowest BCUT2D eigenvalue weighted by Crippen LogP contribution is -2.51. The van der Waals surface area contributed by atoms with E-state index in [-0.39, 0.29) is 23.9 Å². The van der Waals surface area contributed by atoms with Crippen molar-refractivity contribution in [3.05, 3.63) is 94.5 Å². The second-order valence-corrected chi connectivity index (χ2v) is 14.3. The molecule has 5 rings (SSSR count). The average molecular weight is 664 g/mol. The Morgan fingerprint density at radius 3 is 2.45 bits per heavy atom. The van der Waals surface area contributed by atoms with Crippen LogP contribution >= 0.6 is 34.8 Å². The van der Waals surface area contributed by atoms with E-state index in [2.05, 4.69) is 22.0 Å².